The summed E-state index contributed by atoms with van der Waals surface area (Å²) in [6, 6.07) is 7.08. The van der Waals surface area contributed by atoms with Crippen molar-refractivity contribution in [2.75, 3.05) is 19.6 Å². The Bertz CT molecular complexity index is 1130. The molecule has 3 aromatic rings. The Morgan fingerprint density at radius 3 is 2.77 bits per heavy atom. The van der Waals surface area contributed by atoms with Gasteiger partial charge in [-0.3, -0.25) is 9.59 Å². The fourth-order valence-corrected chi connectivity index (χ4v) is 3.58. The van der Waals surface area contributed by atoms with Gasteiger partial charge in [-0.25, -0.2) is 14.1 Å². The Hall–Kier alpha value is -3.04. The molecule has 1 fully saturated rings. The van der Waals surface area contributed by atoms with Crippen LogP contribution in [0.2, 0.25) is 0 Å². The molecular formula is C20H22ClFN6O2. The first-order valence-corrected chi connectivity index (χ1v) is 9.32. The molecule has 0 aliphatic carbocycles. The van der Waals surface area contributed by atoms with Crippen LogP contribution in [0.4, 0.5) is 4.39 Å². The zero-order valence-electron chi connectivity index (χ0n) is 16.6. The predicted molar refractivity (Wildman–Crippen MR) is 112 cm³/mol. The number of hydrogen-bond acceptors (Lipinski definition) is 5. The van der Waals surface area contributed by atoms with Gasteiger partial charge in [-0.15, -0.1) is 12.4 Å². The monoisotopic (exact) mass is 432 g/mol. The third kappa shape index (κ3) is 3.86. The van der Waals surface area contributed by atoms with E-state index in [0.717, 1.165) is 0 Å². The van der Waals surface area contributed by atoms with Crippen molar-refractivity contribution in [3.8, 4) is 5.69 Å². The number of nitrogens with zero attached hydrogens (tertiary/aromatic N) is 5. The van der Waals surface area contributed by atoms with Gasteiger partial charge >= 0.3 is 0 Å². The van der Waals surface area contributed by atoms with Crippen LogP contribution in [-0.2, 0) is 7.05 Å². The summed E-state index contributed by atoms with van der Waals surface area (Å²) in [4.78, 5) is 31.9. The number of nitrogens with one attached hydrogen (secondary N) is 1. The minimum absolute atomic E-state index is 0. The summed E-state index contributed by atoms with van der Waals surface area (Å²) in [6.07, 6.45) is 3.48. The standard InChI is InChI=1S/C20H21FN6O2.ClH/c1-13-11-17(28)18(24-27(13)15-6-4-3-5-14(15)21)20(29)26-10-7-22-12-16(26)19-23-8-9-25(19)2;/h3-6,8-9,11,16,22H,7,10,12H2,1-2H3;1H. The van der Waals surface area contributed by atoms with Gasteiger partial charge in [0.1, 0.15) is 23.4 Å². The lowest BCUT2D eigenvalue weighted by molar-refractivity contribution is 0.0611. The molecule has 1 saturated heterocycles. The summed E-state index contributed by atoms with van der Waals surface area (Å²) >= 11 is 0. The molecule has 4 rings (SSSR count). The molecule has 10 heteroatoms. The summed E-state index contributed by atoms with van der Waals surface area (Å²) in [5.41, 5.74) is -0.102. The Morgan fingerprint density at radius 2 is 2.07 bits per heavy atom. The van der Waals surface area contributed by atoms with Crippen LogP contribution >= 0.6 is 12.4 Å². The topological polar surface area (TPSA) is 85.1 Å². The van der Waals surface area contributed by atoms with E-state index in [1.807, 2.05) is 17.8 Å². The number of carbonyl (C=O) groups excluding carboxylic acids is 1. The smallest absolute Gasteiger partial charge is 0.279 e. The molecule has 0 radical (unpaired) electrons. The fraction of sp³-hybridized carbons (Fsp3) is 0.300. The number of piperazine rings is 1. The quantitative estimate of drug-likeness (QED) is 0.679. The first-order chi connectivity index (χ1) is 14.0. The third-order valence-corrected chi connectivity index (χ3v) is 5.05. The van der Waals surface area contributed by atoms with E-state index in [1.54, 1.807) is 36.2 Å². The molecule has 2 aromatic heterocycles. The van der Waals surface area contributed by atoms with Gasteiger partial charge < -0.3 is 14.8 Å². The Balaban J connectivity index is 0.00000256. The van der Waals surface area contributed by atoms with E-state index in [0.29, 0.717) is 31.2 Å². The Labute approximate surface area is 178 Å². The minimum atomic E-state index is -0.491. The van der Waals surface area contributed by atoms with Crippen LogP contribution in [0, 0.1) is 12.7 Å². The largest absolute Gasteiger partial charge is 0.336 e. The van der Waals surface area contributed by atoms with Gasteiger partial charge in [-0.2, -0.15) is 5.10 Å². The normalized spacial score (nSPS) is 16.2. The average molecular weight is 433 g/mol. The lowest BCUT2D eigenvalue weighted by Crippen LogP contribution is -2.50. The molecule has 0 saturated carbocycles. The molecule has 8 nitrogen and oxygen atoms in total. The highest BCUT2D eigenvalue weighted by atomic mass is 35.5. The third-order valence-electron chi connectivity index (χ3n) is 5.05. The van der Waals surface area contributed by atoms with Crippen LogP contribution in [0.15, 0.2) is 47.5 Å². The summed E-state index contributed by atoms with van der Waals surface area (Å²) in [6.45, 7) is 3.17. The van der Waals surface area contributed by atoms with Gasteiger partial charge in [0.25, 0.3) is 5.91 Å². The first-order valence-electron chi connectivity index (χ1n) is 9.32. The van der Waals surface area contributed by atoms with Crippen LogP contribution in [0.5, 0.6) is 0 Å². The number of rotatable bonds is 3. The highest BCUT2D eigenvalue weighted by Gasteiger charge is 2.33. The predicted octanol–water partition coefficient (Wildman–Crippen LogP) is 1.62. The van der Waals surface area contributed by atoms with Gasteiger partial charge in [0.15, 0.2) is 5.69 Å². The number of para-hydroxylation sites is 1. The molecule has 1 unspecified atom stereocenters. The number of amides is 1. The number of halogens is 2. The van der Waals surface area contributed by atoms with Gasteiger partial charge in [0, 0.05) is 50.8 Å². The van der Waals surface area contributed by atoms with Crippen molar-refractivity contribution in [3.05, 3.63) is 76.0 Å². The fourth-order valence-electron chi connectivity index (χ4n) is 3.58. The molecule has 0 bridgehead atoms. The SMILES string of the molecule is Cc1cc(=O)c(C(=O)N2CCNCC2c2nccn2C)nn1-c1ccccc1F.Cl. The second-order valence-electron chi connectivity index (χ2n) is 6.98. The number of aromatic nitrogens is 4. The zero-order valence-corrected chi connectivity index (χ0v) is 17.4. The van der Waals surface area contributed by atoms with Gasteiger partial charge in [0.05, 0.1) is 0 Å². The first kappa shape index (κ1) is 21.7. The summed E-state index contributed by atoms with van der Waals surface area (Å²) in [7, 11) is 1.86. The van der Waals surface area contributed by atoms with E-state index in [1.165, 1.54) is 16.8 Å². The van der Waals surface area contributed by atoms with Crippen molar-refractivity contribution in [2.24, 2.45) is 7.05 Å². The van der Waals surface area contributed by atoms with Crippen LogP contribution < -0.4 is 10.7 Å². The molecule has 158 valence electrons. The number of benzene rings is 1. The van der Waals surface area contributed by atoms with E-state index in [9.17, 15) is 14.0 Å². The molecule has 1 aliphatic rings. The van der Waals surface area contributed by atoms with Crippen molar-refractivity contribution in [3.63, 3.8) is 0 Å². The molecule has 1 aliphatic heterocycles. The molecule has 30 heavy (non-hydrogen) atoms. The highest BCUT2D eigenvalue weighted by Crippen LogP contribution is 2.22. The van der Waals surface area contributed by atoms with Crippen LogP contribution in [0.3, 0.4) is 0 Å². The second-order valence-corrected chi connectivity index (χ2v) is 6.98. The number of aryl methyl sites for hydroxylation is 2. The Morgan fingerprint density at radius 1 is 1.30 bits per heavy atom. The average Bonchev–Trinajstić information content (AvgIpc) is 3.14. The minimum Gasteiger partial charge on any atom is -0.336 e. The van der Waals surface area contributed by atoms with Gasteiger partial charge in [-0.1, -0.05) is 12.1 Å². The molecule has 1 amide bonds. The maximum Gasteiger partial charge on any atom is 0.279 e. The molecule has 1 atom stereocenters. The molecular weight excluding hydrogens is 411 g/mol. The maximum atomic E-state index is 14.3. The van der Waals surface area contributed by atoms with E-state index < -0.39 is 17.2 Å². The number of carbonyl (C=O) groups is 1. The zero-order chi connectivity index (χ0) is 20.5. The second kappa shape index (κ2) is 8.76. The van der Waals surface area contributed by atoms with Crippen molar-refractivity contribution in [1.29, 1.82) is 0 Å². The summed E-state index contributed by atoms with van der Waals surface area (Å²) in [5, 5.41) is 7.50. The van der Waals surface area contributed by atoms with Crippen molar-refractivity contribution < 1.29 is 9.18 Å². The van der Waals surface area contributed by atoms with E-state index in [2.05, 4.69) is 15.4 Å². The van der Waals surface area contributed by atoms with Crippen LogP contribution in [0.25, 0.3) is 5.69 Å². The van der Waals surface area contributed by atoms with Crippen LogP contribution in [-0.4, -0.2) is 49.8 Å². The lowest BCUT2D eigenvalue weighted by Gasteiger charge is -2.35. The lowest BCUT2D eigenvalue weighted by atomic mass is 10.1. The van der Waals surface area contributed by atoms with Gasteiger partial charge in [0.2, 0.25) is 5.43 Å². The van der Waals surface area contributed by atoms with E-state index >= 15 is 0 Å². The number of hydrogen-bond donors (Lipinski definition) is 1. The molecule has 1 aromatic carbocycles. The molecule has 3 heterocycles. The summed E-state index contributed by atoms with van der Waals surface area (Å²) < 4.78 is 17.4. The summed E-state index contributed by atoms with van der Waals surface area (Å²) in [5.74, 6) is -0.264. The maximum absolute atomic E-state index is 14.3. The van der Waals surface area contributed by atoms with Gasteiger partial charge in [-0.05, 0) is 19.1 Å². The van der Waals surface area contributed by atoms with Crippen molar-refractivity contribution >= 4 is 18.3 Å². The molecule has 1 N–H and O–H groups in total. The van der Waals surface area contributed by atoms with E-state index in [-0.39, 0.29) is 29.8 Å². The molecule has 0 spiro atoms. The van der Waals surface area contributed by atoms with Crippen LogP contribution in [0.1, 0.15) is 28.0 Å². The number of imidazole rings is 1. The highest BCUT2D eigenvalue weighted by molar-refractivity contribution is 5.92. The Kier molecular flexibility index (Phi) is 6.33. The van der Waals surface area contributed by atoms with Crippen molar-refractivity contribution in [2.45, 2.75) is 13.0 Å². The van der Waals surface area contributed by atoms with Crippen molar-refractivity contribution in [1.82, 2.24) is 29.5 Å². The van der Waals surface area contributed by atoms with E-state index in [4.69, 9.17) is 0 Å².